The van der Waals surface area contributed by atoms with E-state index in [4.69, 9.17) is 5.26 Å². The SMILES string of the molecule is C#N.[Cu].[Ti]. The molecule has 0 aromatic heterocycles. The first kappa shape index (κ1) is 22.0. The Labute approximate surface area is 50.7 Å². The van der Waals surface area contributed by atoms with E-state index in [9.17, 15) is 0 Å². The molecule has 25 valence electrons. The van der Waals surface area contributed by atoms with E-state index in [0.717, 1.165) is 0 Å². The molecule has 4 heavy (non-hydrogen) atoms. The van der Waals surface area contributed by atoms with Crippen molar-refractivity contribution < 1.29 is 38.8 Å². The van der Waals surface area contributed by atoms with Crippen molar-refractivity contribution in [2.45, 2.75) is 0 Å². The molecule has 0 spiro atoms. The summed E-state index contributed by atoms with van der Waals surface area (Å²) in [5.41, 5.74) is 0. The largest absolute Gasteiger partial charge is 0.202 e. The molecule has 0 fully saturated rings. The Morgan fingerprint density at radius 1 is 1.25 bits per heavy atom. The second kappa shape index (κ2) is 52.7. The standard InChI is InChI=1S/CHN.Cu.Ti/c1-2;;/h1H;;. The van der Waals surface area contributed by atoms with Crippen LogP contribution in [-0.4, -0.2) is 0 Å². The molecule has 0 heterocycles. The molecular formula is CHCuNTi. The zero-order chi connectivity index (χ0) is 2.00. The Morgan fingerprint density at radius 3 is 1.25 bits per heavy atom. The molecule has 1 radical (unpaired) electrons. The van der Waals surface area contributed by atoms with Gasteiger partial charge in [-0.25, -0.2) is 5.26 Å². The van der Waals surface area contributed by atoms with Crippen LogP contribution in [0.15, 0.2) is 0 Å². The molecule has 0 N–H and O–H groups in total. The number of nitriles is 1. The molecule has 3 heteroatoms. The van der Waals surface area contributed by atoms with Crippen LogP contribution in [0.5, 0.6) is 0 Å². The van der Waals surface area contributed by atoms with Crippen molar-refractivity contribution in [3.8, 4) is 6.57 Å². The average Bonchev–Trinajstić information content (AvgIpc) is 1.00. The Kier molecular flexibility index (Phi) is 291. The molecular weight excluding hydrogens is 137 g/mol. The van der Waals surface area contributed by atoms with Gasteiger partial charge in [0, 0.05) is 45.4 Å². The van der Waals surface area contributed by atoms with Crippen LogP contribution < -0.4 is 0 Å². The van der Waals surface area contributed by atoms with Gasteiger partial charge in [0.15, 0.2) is 0 Å². The Hall–Kier alpha value is 0.724. The fourth-order valence-corrected chi connectivity index (χ4v) is 0. The van der Waals surface area contributed by atoms with Gasteiger partial charge < -0.3 is 0 Å². The van der Waals surface area contributed by atoms with Gasteiger partial charge in [0.05, 0.1) is 0 Å². The minimum absolute atomic E-state index is 0. The fraction of sp³-hybridized carbons (Fsp3) is 0. The Balaban J connectivity index is -0.00000000500. The van der Waals surface area contributed by atoms with Crippen molar-refractivity contribution in [1.29, 1.82) is 5.26 Å². The summed E-state index contributed by atoms with van der Waals surface area (Å²) in [6.07, 6.45) is 0. The van der Waals surface area contributed by atoms with E-state index in [2.05, 4.69) is 6.57 Å². The molecule has 0 aromatic rings. The van der Waals surface area contributed by atoms with Crippen LogP contribution in [0.2, 0.25) is 0 Å². The van der Waals surface area contributed by atoms with E-state index < -0.39 is 0 Å². The normalized spacial score (nSPS) is 0.500. The Bertz CT molecular complexity index is 12.8. The van der Waals surface area contributed by atoms with Gasteiger partial charge in [-0.05, 0) is 0 Å². The molecule has 0 saturated heterocycles. The molecule has 0 rings (SSSR count). The topological polar surface area (TPSA) is 23.8 Å². The van der Waals surface area contributed by atoms with Crippen molar-refractivity contribution in [2.75, 3.05) is 0 Å². The third-order valence-electron chi connectivity index (χ3n) is 0. The van der Waals surface area contributed by atoms with E-state index in [1.807, 2.05) is 0 Å². The summed E-state index contributed by atoms with van der Waals surface area (Å²) in [6, 6.07) is 0. The second-order valence-electron chi connectivity index (χ2n) is 0. The number of nitrogens with zero attached hydrogens (tertiary/aromatic N) is 1. The quantitative estimate of drug-likeness (QED) is 0.437. The monoisotopic (exact) mass is 138 g/mol. The van der Waals surface area contributed by atoms with Crippen LogP contribution in [0.3, 0.4) is 0 Å². The number of rotatable bonds is 0. The van der Waals surface area contributed by atoms with E-state index >= 15 is 0 Å². The maximum atomic E-state index is 6.50. The summed E-state index contributed by atoms with van der Waals surface area (Å²) < 4.78 is 0. The summed E-state index contributed by atoms with van der Waals surface area (Å²) in [6.45, 7) is 3.50. The summed E-state index contributed by atoms with van der Waals surface area (Å²) in [5, 5.41) is 6.50. The van der Waals surface area contributed by atoms with Crippen LogP contribution in [0.25, 0.3) is 0 Å². The summed E-state index contributed by atoms with van der Waals surface area (Å²) in [7, 11) is 0. The van der Waals surface area contributed by atoms with Gasteiger partial charge in [0.1, 0.15) is 0 Å². The first-order valence-corrected chi connectivity index (χ1v) is 0.258. The van der Waals surface area contributed by atoms with Crippen molar-refractivity contribution in [2.24, 2.45) is 0 Å². The summed E-state index contributed by atoms with van der Waals surface area (Å²) in [5.74, 6) is 0. The molecule has 0 aliphatic rings. The van der Waals surface area contributed by atoms with Crippen LogP contribution in [0.1, 0.15) is 0 Å². The van der Waals surface area contributed by atoms with Crippen LogP contribution in [-0.2, 0) is 38.8 Å². The van der Waals surface area contributed by atoms with Gasteiger partial charge in [-0.2, -0.15) is 0 Å². The van der Waals surface area contributed by atoms with E-state index in [0.29, 0.717) is 0 Å². The molecule has 0 unspecified atom stereocenters. The van der Waals surface area contributed by atoms with Gasteiger partial charge in [-0.15, -0.1) is 0 Å². The van der Waals surface area contributed by atoms with Crippen LogP contribution in [0, 0.1) is 11.8 Å². The zero-order valence-electron chi connectivity index (χ0n) is 1.83. The smallest absolute Gasteiger partial charge is 0.0462 e. The number of hydrogen-bond acceptors (Lipinski definition) is 1. The average molecular weight is 138 g/mol. The maximum absolute atomic E-state index is 6.50. The summed E-state index contributed by atoms with van der Waals surface area (Å²) >= 11 is 0. The second-order valence-corrected chi connectivity index (χ2v) is 0. The van der Waals surface area contributed by atoms with Crippen molar-refractivity contribution in [3.05, 3.63) is 0 Å². The number of hydrogen-bond donors (Lipinski definition) is 0. The third kappa shape index (κ3) is 15.5. The van der Waals surface area contributed by atoms with E-state index in [-0.39, 0.29) is 38.8 Å². The van der Waals surface area contributed by atoms with Crippen molar-refractivity contribution in [1.82, 2.24) is 0 Å². The molecule has 0 saturated carbocycles. The van der Waals surface area contributed by atoms with Crippen LogP contribution >= 0.6 is 0 Å². The van der Waals surface area contributed by atoms with Crippen molar-refractivity contribution >= 4 is 0 Å². The minimum Gasteiger partial charge on any atom is -0.202 e. The minimum atomic E-state index is 0. The maximum Gasteiger partial charge on any atom is 0.0462 e. The predicted octanol–water partition coefficient (Wildman–Crippen LogP) is 0.135. The van der Waals surface area contributed by atoms with Gasteiger partial charge in [-0.1, -0.05) is 0 Å². The molecule has 0 atom stereocenters. The first-order chi connectivity index (χ1) is 1.00. The Morgan fingerprint density at radius 2 is 1.25 bits per heavy atom. The zero-order valence-corrected chi connectivity index (χ0v) is 4.33. The molecule has 0 aliphatic carbocycles. The molecule has 0 aromatic carbocycles. The van der Waals surface area contributed by atoms with E-state index in [1.54, 1.807) is 0 Å². The predicted molar refractivity (Wildman–Crippen MR) is 6.67 cm³/mol. The fourth-order valence-electron chi connectivity index (χ4n) is 0. The van der Waals surface area contributed by atoms with E-state index in [1.165, 1.54) is 0 Å². The van der Waals surface area contributed by atoms with Crippen molar-refractivity contribution in [3.63, 3.8) is 0 Å². The molecule has 1 nitrogen and oxygen atoms in total. The van der Waals surface area contributed by atoms with Crippen LogP contribution in [0.4, 0.5) is 0 Å². The van der Waals surface area contributed by atoms with Gasteiger partial charge >= 0.3 is 0 Å². The molecule has 0 amide bonds. The first-order valence-electron chi connectivity index (χ1n) is 0.258. The van der Waals surface area contributed by atoms with Gasteiger partial charge in [-0.3, -0.25) is 0 Å². The van der Waals surface area contributed by atoms with Gasteiger partial charge in [0.2, 0.25) is 0 Å². The molecule has 0 bridgehead atoms. The van der Waals surface area contributed by atoms with Gasteiger partial charge in [0.25, 0.3) is 0 Å². The summed E-state index contributed by atoms with van der Waals surface area (Å²) in [4.78, 5) is 0. The molecule has 0 aliphatic heterocycles. The third-order valence-corrected chi connectivity index (χ3v) is 0.